The van der Waals surface area contributed by atoms with Crippen LogP contribution in [0.25, 0.3) is 10.2 Å². The Hall–Kier alpha value is -2.22. The Labute approximate surface area is 178 Å². The van der Waals surface area contributed by atoms with Crippen LogP contribution in [0.3, 0.4) is 0 Å². The quantitative estimate of drug-likeness (QED) is 0.623. The zero-order chi connectivity index (χ0) is 20.2. The Bertz CT molecular complexity index is 1060. The van der Waals surface area contributed by atoms with Gasteiger partial charge in [0.1, 0.15) is 4.83 Å². The van der Waals surface area contributed by atoms with Gasteiger partial charge in [0.2, 0.25) is 5.91 Å². The third kappa shape index (κ3) is 4.52. The van der Waals surface area contributed by atoms with E-state index in [0.29, 0.717) is 18.5 Å². The van der Waals surface area contributed by atoms with E-state index in [1.54, 1.807) is 6.07 Å². The topological polar surface area (TPSA) is 67.2 Å². The smallest absolute Gasteiger partial charge is 0.262 e. The molecule has 0 bridgehead atoms. The van der Waals surface area contributed by atoms with E-state index < -0.39 is 0 Å². The summed E-state index contributed by atoms with van der Waals surface area (Å²) in [6, 6.07) is 9.64. The van der Waals surface area contributed by atoms with E-state index in [1.165, 1.54) is 22.2 Å². The highest BCUT2D eigenvalue weighted by Crippen LogP contribution is 2.29. The minimum atomic E-state index is -0.102. The van der Waals surface area contributed by atoms with Crippen LogP contribution in [0.15, 0.2) is 46.8 Å². The SMILES string of the molecule is O=C(CCn1cnc2sccc2c1=O)NC[C@H](c1ccccc1Cl)N1CCCC1. The second kappa shape index (κ2) is 9.07. The van der Waals surface area contributed by atoms with Crippen LogP contribution in [0.1, 0.15) is 30.9 Å². The summed E-state index contributed by atoms with van der Waals surface area (Å²) in [7, 11) is 0. The molecule has 6 nitrogen and oxygen atoms in total. The van der Waals surface area contributed by atoms with Gasteiger partial charge in [-0.05, 0) is 49.0 Å². The van der Waals surface area contributed by atoms with Crippen LogP contribution in [-0.4, -0.2) is 40.0 Å². The second-order valence-electron chi connectivity index (χ2n) is 7.22. The second-order valence-corrected chi connectivity index (χ2v) is 8.52. The highest BCUT2D eigenvalue weighted by atomic mass is 35.5. The molecule has 0 aliphatic carbocycles. The normalized spacial score (nSPS) is 15.6. The molecule has 1 aromatic carbocycles. The third-order valence-corrected chi connectivity index (χ3v) is 6.53. The van der Waals surface area contributed by atoms with Crippen molar-refractivity contribution in [3.05, 3.63) is 63.0 Å². The lowest BCUT2D eigenvalue weighted by Crippen LogP contribution is -2.37. The Morgan fingerprint density at radius 3 is 2.83 bits per heavy atom. The number of rotatable bonds is 7. The van der Waals surface area contributed by atoms with Gasteiger partial charge in [-0.1, -0.05) is 29.8 Å². The molecule has 8 heteroatoms. The number of carbonyl (C=O) groups excluding carboxylic acids is 1. The number of hydrogen-bond donors (Lipinski definition) is 1. The molecule has 2 aromatic heterocycles. The zero-order valence-corrected chi connectivity index (χ0v) is 17.6. The lowest BCUT2D eigenvalue weighted by molar-refractivity contribution is -0.121. The number of nitrogens with one attached hydrogen (secondary N) is 1. The van der Waals surface area contributed by atoms with Crippen LogP contribution in [-0.2, 0) is 11.3 Å². The van der Waals surface area contributed by atoms with Gasteiger partial charge >= 0.3 is 0 Å². The first-order chi connectivity index (χ1) is 14.1. The lowest BCUT2D eigenvalue weighted by Gasteiger charge is -2.29. The summed E-state index contributed by atoms with van der Waals surface area (Å²) in [6.07, 6.45) is 4.07. The highest BCUT2D eigenvalue weighted by Gasteiger charge is 2.25. The van der Waals surface area contributed by atoms with Gasteiger partial charge in [0, 0.05) is 24.5 Å². The van der Waals surface area contributed by atoms with Gasteiger partial charge in [0.25, 0.3) is 5.56 Å². The van der Waals surface area contributed by atoms with Crippen LogP contribution >= 0.6 is 22.9 Å². The van der Waals surface area contributed by atoms with E-state index in [2.05, 4.69) is 15.2 Å². The molecule has 1 fully saturated rings. The molecule has 1 saturated heterocycles. The van der Waals surface area contributed by atoms with Gasteiger partial charge < -0.3 is 5.32 Å². The molecule has 0 saturated carbocycles. The first-order valence-electron chi connectivity index (χ1n) is 9.81. The number of carbonyl (C=O) groups is 1. The molecule has 0 spiro atoms. The van der Waals surface area contributed by atoms with E-state index in [-0.39, 0.29) is 23.9 Å². The highest BCUT2D eigenvalue weighted by molar-refractivity contribution is 7.16. The number of amides is 1. The van der Waals surface area contributed by atoms with Crippen molar-refractivity contribution in [3.63, 3.8) is 0 Å². The monoisotopic (exact) mass is 430 g/mol. The number of halogens is 1. The Balaban J connectivity index is 1.39. The van der Waals surface area contributed by atoms with Crippen LogP contribution in [0, 0.1) is 0 Å². The van der Waals surface area contributed by atoms with Crippen molar-refractivity contribution < 1.29 is 4.79 Å². The Morgan fingerprint density at radius 1 is 1.24 bits per heavy atom. The van der Waals surface area contributed by atoms with Crippen molar-refractivity contribution in [2.24, 2.45) is 0 Å². The van der Waals surface area contributed by atoms with Crippen molar-refractivity contribution in [1.82, 2.24) is 19.8 Å². The fourth-order valence-corrected chi connectivity index (χ4v) is 4.79. The van der Waals surface area contributed by atoms with Gasteiger partial charge in [0.05, 0.1) is 17.8 Å². The summed E-state index contributed by atoms with van der Waals surface area (Å²) in [4.78, 5) is 32.3. The van der Waals surface area contributed by atoms with Crippen molar-refractivity contribution >= 4 is 39.1 Å². The molecule has 29 heavy (non-hydrogen) atoms. The molecule has 3 heterocycles. The van der Waals surface area contributed by atoms with E-state index in [9.17, 15) is 9.59 Å². The molecule has 1 aliphatic heterocycles. The number of thiophene rings is 1. The summed E-state index contributed by atoms with van der Waals surface area (Å²) in [6.45, 7) is 2.82. The maximum Gasteiger partial charge on any atom is 0.262 e. The summed E-state index contributed by atoms with van der Waals surface area (Å²) in [5.41, 5.74) is 0.940. The van der Waals surface area contributed by atoms with Crippen LogP contribution in [0.5, 0.6) is 0 Å². The van der Waals surface area contributed by atoms with E-state index in [4.69, 9.17) is 11.6 Å². The number of nitrogens with zero attached hydrogens (tertiary/aromatic N) is 3. The summed E-state index contributed by atoms with van der Waals surface area (Å²) < 4.78 is 1.50. The largest absolute Gasteiger partial charge is 0.354 e. The zero-order valence-electron chi connectivity index (χ0n) is 16.0. The van der Waals surface area contributed by atoms with Crippen molar-refractivity contribution in [3.8, 4) is 0 Å². The first kappa shape index (κ1) is 20.1. The number of aryl methyl sites for hydroxylation is 1. The van der Waals surface area contributed by atoms with Gasteiger partial charge in [-0.15, -0.1) is 11.3 Å². The molecule has 1 atom stereocenters. The first-order valence-corrected chi connectivity index (χ1v) is 11.1. The maximum atomic E-state index is 12.5. The molecule has 152 valence electrons. The fraction of sp³-hybridized carbons (Fsp3) is 0.381. The number of fused-ring (bicyclic) bond motifs is 1. The summed E-state index contributed by atoms with van der Waals surface area (Å²) in [5, 5.41) is 6.21. The van der Waals surface area contributed by atoms with E-state index >= 15 is 0 Å². The van der Waals surface area contributed by atoms with Crippen LogP contribution in [0.4, 0.5) is 0 Å². The number of benzene rings is 1. The number of aromatic nitrogens is 2. The average molecular weight is 431 g/mol. The van der Waals surface area contributed by atoms with E-state index in [0.717, 1.165) is 41.3 Å². The van der Waals surface area contributed by atoms with Crippen LogP contribution < -0.4 is 10.9 Å². The molecule has 1 N–H and O–H groups in total. The molecular formula is C21H23ClN4O2S. The lowest BCUT2D eigenvalue weighted by atomic mass is 10.1. The molecule has 1 amide bonds. The standard InChI is InChI=1S/C21H23ClN4O2S/c22-17-6-2-1-5-15(17)18(25-9-3-4-10-25)13-23-19(27)7-11-26-14-24-20-16(21(26)28)8-12-29-20/h1-2,5-6,8,12,14,18H,3-4,7,9-11,13H2,(H,23,27)/t18-/m1/s1. The van der Waals surface area contributed by atoms with Crippen LogP contribution in [0.2, 0.25) is 5.02 Å². The van der Waals surface area contributed by atoms with Gasteiger partial charge in [-0.25, -0.2) is 4.98 Å². The fourth-order valence-electron chi connectivity index (χ4n) is 3.81. The van der Waals surface area contributed by atoms with Crippen molar-refractivity contribution in [2.75, 3.05) is 19.6 Å². The Morgan fingerprint density at radius 2 is 2.03 bits per heavy atom. The van der Waals surface area contributed by atoms with Crippen molar-refractivity contribution in [2.45, 2.75) is 31.8 Å². The van der Waals surface area contributed by atoms with E-state index in [1.807, 2.05) is 29.6 Å². The number of likely N-dealkylation sites (tertiary alicyclic amines) is 1. The maximum absolute atomic E-state index is 12.5. The predicted molar refractivity (Wildman–Crippen MR) is 117 cm³/mol. The molecule has 0 unspecified atom stereocenters. The van der Waals surface area contributed by atoms with Gasteiger partial charge in [0.15, 0.2) is 0 Å². The Kier molecular flexibility index (Phi) is 6.28. The van der Waals surface area contributed by atoms with Gasteiger partial charge in [-0.3, -0.25) is 19.1 Å². The van der Waals surface area contributed by atoms with Crippen molar-refractivity contribution in [1.29, 1.82) is 0 Å². The average Bonchev–Trinajstić information content (AvgIpc) is 3.41. The summed E-state index contributed by atoms with van der Waals surface area (Å²) in [5.74, 6) is -0.0847. The molecule has 1 aliphatic rings. The molecular weight excluding hydrogens is 408 g/mol. The third-order valence-electron chi connectivity index (χ3n) is 5.37. The van der Waals surface area contributed by atoms with Gasteiger partial charge in [-0.2, -0.15) is 0 Å². The molecule has 4 rings (SSSR count). The summed E-state index contributed by atoms with van der Waals surface area (Å²) >= 11 is 7.86. The minimum absolute atomic E-state index is 0.0571. The molecule has 3 aromatic rings. The molecule has 0 radical (unpaired) electrons. The number of hydrogen-bond acceptors (Lipinski definition) is 5. The minimum Gasteiger partial charge on any atom is -0.354 e. The predicted octanol–water partition coefficient (Wildman–Crippen LogP) is 3.45.